The van der Waals surface area contributed by atoms with Gasteiger partial charge in [-0.05, 0) is 17.9 Å². The molecule has 1 nitrogen and oxygen atoms in total. The highest BCUT2D eigenvalue weighted by atomic mass is 32.2. The van der Waals surface area contributed by atoms with Crippen LogP contribution in [-0.4, -0.2) is 16.5 Å². The number of aliphatic hydroxyl groups is 1. The van der Waals surface area contributed by atoms with Crippen LogP contribution in [0.2, 0.25) is 0 Å². The van der Waals surface area contributed by atoms with Crippen LogP contribution in [0.1, 0.15) is 19.8 Å². The molecule has 0 aromatic carbocycles. The summed E-state index contributed by atoms with van der Waals surface area (Å²) in [7, 11) is 0. The highest BCUT2D eigenvalue weighted by Crippen LogP contribution is 2.27. The lowest BCUT2D eigenvalue weighted by atomic mass is 10.1. The van der Waals surface area contributed by atoms with Crippen molar-refractivity contribution in [1.29, 1.82) is 0 Å². The predicted octanol–water partition coefficient (Wildman–Crippen LogP) is 1.78. The first-order valence-corrected chi connectivity index (χ1v) is 4.29. The summed E-state index contributed by atoms with van der Waals surface area (Å²) in [5.41, 5.74) is 0. The first-order valence-electron chi connectivity index (χ1n) is 3.34. The molecule has 1 N–H and O–H groups in total. The Kier molecular flexibility index (Phi) is 2.61. The van der Waals surface area contributed by atoms with E-state index in [0.29, 0.717) is 5.25 Å². The molecule has 1 rings (SSSR count). The zero-order valence-electron chi connectivity index (χ0n) is 5.58. The number of rotatable bonds is 2. The van der Waals surface area contributed by atoms with Gasteiger partial charge in [0.1, 0.15) is 0 Å². The molecule has 0 bridgehead atoms. The van der Waals surface area contributed by atoms with E-state index in [2.05, 4.69) is 6.92 Å². The van der Waals surface area contributed by atoms with Crippen LogP contribution >= 0.6 is 11.8 Å². The fraction of sp³-hybridized carbons (Fsp3) is 0.714. The molecule has 0 aromatic rings. The summed E-state index contributed by atoms with van der Waals surface area (Å²) in [5, 5.41) is 11.6. The number of hydrogen-bond acceptors (Lipinski definition) is 2. The number of aliphatic hydroxyl groups excluding tert-OH is 1. The van der Waals surface area contributed by atoms with Crippen molar-refractivity contribution in [1.82, 2.24) is 0 Å². The Hall–Kier alpha value is 0.0500. The van der Waals surface area contributed by atoms with Crippen LogP contribution in [0.5, 0.6) is 0 Å². The Morgan fingerprint density at radius 2 is 2.44 bits per heavy atom. The van der Waals surface area contributed by atoms with Gasteiger partial charge < -0.3 is 5.11 Å². The van der Waals surface area contributed by atoms with E-state index in [4.69, 9.17) is 0 Å². The fourth-order valence-corrected chi connectivity index (χ4v) is 2.03. The summed E-state index contributed by atoms with van der Waals surface area (Å²) in [6, 6.07) is 0. The Morgan fingerprint density at radius 3 is 2.89 bits per heavy atom. The Balaban J connectivity index is 2.28. The maximum Gasteiger partial charge on any atom is 0.0850 e. The van der Waals surface area contributed by atoms with Crippen molar-refractivity contribution in [3.05, 3.63) is 11.5 Å². The maximum absolute atomic E-state index is 9.21. The molecular formula is C7H12OS. The lowest BCUT2D eigenvalue weighted by Crippen LogP contribution is -2.15. The number of thioether (sulfide) groups is 1. The zero-order valence-corrected chi connectivity index (χ0v) is 6.40. The van der Waals surface area contributed by atoms with E-state index < -0.39 is 0 Å². The Labute approximate surface area is 60.2 Å². The molecular weight excluding hydrogens is 132 g/mol. The van der Waals surface area contributed by atoms with E-state index in [9.17, 15) is 5.11 Å². The first kappa shape index (κ1) is 7.16. The van der Waals surface area contributed by atoms with Crippen LogP contribution in [0.25, 0.3) is 0 Å². The number of hydrogen-bond donors (Lipinski definition) is 1. The van der Waals surface area contributed by atoms with Crippen molar-refractivity contribution in [2.75, 3.05) is 0 Å². The molecule has 0 saturated carbocycles. The van der Waals surface area contributed by atoms with Crippen LogP contribution in [0.15, 0.2) is 11.5 Å². The molecule has 2 atom stereocenters. The van der Waals surface area contributed by atoms with Gasteiger partial charge in [0, 0.05) is 5.25 Å². The summed E-state index contributed by atoms with van der Waals surface area (Å²) in [5.74, 6) is 0. The normalized spacial score (nSPS) is 33.6. The van der Waals surface area contributed by atoms with Gasteiger partial charge in [-0.15, -0.1) is 11.8 Å². The largest absolute Gasteiger partial charge is 0.388 e. The minimum atomic E-state index is -0.185. The van der Waals surface area contributed by atoms with Crippen LogP contribution in [0.4, 0.5) is 0 Å². The van der Waals surface area contributed by atoms with Gasteiger partial charge in [-0.2, -0.15) is 0 Å². The van der Waals surface area contributed by atoms with Crippen molar-refractivity contribution in [2.45, 2.75) is 31.1 Å². The van der Waals surface area contributed by atoms with Gasteiger partial charge in [-0.3, -0.25) is 0 Å². The molecule has 0 saturated heterocycles. The van der Waals surface area contributed by atoms with Gasteiger partial charge >= 0.3 is 0 Å². The van der Waals surface area contributed by atoms with Crippen molar-refractivity contribution in [2.24, 2.45) is 0 Å². The summed E-state index contributed by atoms with van der Waals surface area (Å²) >= 11 is 1.74. The van der Waals surface area contributed by atoms with Crippen LogP contribution < -0.4 is 0 Å². The molecule has 0 fully saturated rings. The van der Waals surface area contributed by atoms with Gasteiger partial charge in [0.25, 0.3) is 0 Å². The Bertz CT molecular complexity index is 111. The third kappa shape index (κ3) is 1.73. The maximum atomic E-state index is 9.21. The molecule has 1 heterocycles. The molecule has 0 radical (unpaired) electrons. The average molecular weight is 144 g/mol. The van der Waals surface area contributed by atoms with Gasteiger partial charge in [-0.1, -0.05) is 13.3 Å². The van der Waals surface area contributed by atoms with Crippen molar-refractivity contribution >= 4 is 11.8 Å². The predicted molar refractivity (Wildman–Crippen MR) is 41.4 cm³/mol. The van der Waals surface area contributed by atoms with E-state index in [1.165, 1.54) is 0 Å². The third-order valence-corrected chi connectivity index (χ3v) is 2.66. The fourth-order valence-electron chi connectivity index (χ4n) is 0.955. The minimum Gasteiger partial charge on any atom is -0.388 e. The monoisotopic (exact) mass is 144 g/mol. The van der Waals surface area contributed by atoms with Crippen LogP contribution in [0, 0.1) is 0 Å². The van der Waals surface area contributed by atoms with Crippen LogP contribution in [-0.2, 0) is 0 Å². The quantitative estimate of drug-likeness (QED) is 0.637. The second-order valence-corrected chi connectivity index (χ2v) is 3.43. The van der Waals surface area contributed by atoms with Gasteiger partial charge in [-0.25, -0.2) is 0 Å². The lowest BCUT2D eigenvalue weighted by molar-refractivity contribution is 0.218. The van der Waals surface area contributed by atoms with Crippen LogP contribution in [0.3, 0.4) is 0 Å². The summed E-state index contributed by atoms with van der Waals surface area (Å²) in [4.78, 5) is 0. The molecule has 1 aliphatic heterocycles. The second kappa shape index (κ2) is 3.28. The second-order valence-electron chi connectivity index (χ2n) is 2.28. The van der Waals surface area contributed by atoms with Gasteiger partial charge in [0.2, 0.25) is 0 Å². The smallest absolute Gasteiger partial charge is 0.0850 e. The lowest BCUT2D eigenvalue weighted by Gasteiger charge is -2.10. The van der Waals surface area contributed by atoms with Gasteiger partial charge in [0.05, 0.1) is 6.10 Å². The summed E-state index contributed by atoms with van der Waals surface area (Å²) < 4.78 is 0. The van der Waals surface area contributed by atoms with E-state index >= 15 is 0 Å². The van der Waals surface area contributed by atoms with Crippen molar-refractivity contribution in [3.8, 4) is 0 Å². The van der Waals surface area contributed by atoms with Crippen molar-refractivity contribution in [3.63, 3.8) is 0 Å². The molecule has 9 heavy (non-hydrogen) atoms. The minimum absolute atomic E-state index is 0.185. The third-order valence-electron chi connectivity index (χ3n) is 1.48. The Morgan fingerprint density at radius 1 is 1.67 bits per heavy atom. The zero-order chi connectivity index (χ0) is 6.69. The molecule has 2 heteroatoms. The average Bonchev–Trinajstić information content (AvgIpc) is 2.18. The van der Waals surface area contributed by atoms with E-state index in [-0.39, 0.29) is 6.10 Å². The van der Waals surface area contributed by atoms with E-state index in [0.717, 1.165) is 12.8 Å². The van der Waals surface area contributed by atoms with Crippen molar-refractivity contribution < 1.29 is 5.11 Å². The van der Waals surface area contributed by atoms with Gasteiger partial charge in [0.15, 0.2) is 0 Å². The highest BCUT2D eigenvalue weighted by Gasteiger charge is 2.19. The summed E-state index contributed by atoms with van der Waals surface area (Å²) in [6.45, 7) is 2.14. The van der Waals surface area contributed by atoms with E-state index in [1.807, 2.05) is 11.5 Å². The summed E-state index contributed by atoms with van der Waals surface area (Å²) in [6.07, 6.45) is 3.97. The topological polar surface area (TPSA) is 20.2 Å². The molecule has 52 valence electrons. The molecule has 0 amide bonds. The molecule has 0 aromatic heterocycles. The highest BCUT2D eigenvalue weighted by molar-refractivity contribution is 8.03. The molecule has 0 spiro atoms. The first-order chi connectivity index (χ1) is 4.34. The standard InChI is InChI=1S/C7H12OS/c1-2-3-7-6(8)4-5-9-7/h4-8H,2-3H2,1H3. The SMILES string of the molecule is CCCC1SC=CC1O. The molecule has 0 aliphatic carbocycles. The molecule has 2 unspecified atom stereocenters. The molecule has 1 aliphatic rings. The van der Waals surface area contributed by atoms with E-state index in [1.54, 1.807) is 11.8 Å².